The molecule has 28 heavy (non-hydrogen) atoms. The Hall–Kier alpha value is -2.17. The van der Waals surface area contributed by atoms with Crippen LogP contribution in [0, 0.1) is 0 Å². The highest BCUT2D eigenvalue weighted by atomic mass is 35.5. The number of benzene rings is 3. The number of hydrogen-bond donors (Lipinski definition) is 1. The molecule has 1 saturated heterocycles. The summed E-state index contributed by atoms with van der Waals surface area (Å²) in [6.07, 6.45) is 0. The Balaban J connectivity index is 1.81. The lowest BCUT2D eigenvalue weighted by Gasteiger charge is -2.61. The SMILES string of the molecule is CC(C)(c1ccccc1)N1O[C@](CO)(c2ccccc2)[C@@H]1c1ccc(Cl)cc1. The molecule has 0 saturated carbocycles. The smallest absolute Gasteiger partial charge is 0.160 e. The molecule has 0 bridgehead atoms. The summed E-state index contributed by atoms with van der Waals surface area (Å²) in [5.41, 5.74) is 1.93. The van der Waals surface area contributed by atoms with Gasteiger partial charge in [-0.3, -0.25) is 4.84 Å². The Kier molecular flexibility index (Phi) is 5.02. The van der Waals surface area contributed by atoms with E-state index in [0.29, 0.717) is 5.02 Å². The average Bonchev–Trinajstić information content (AvgIpc) is 2.71. The highest BCUT2D eigenvalue weighted by molar-refractivity contribution is 6.30. The highest BCUT2D eigenvalue weighted by Gasteiger charge is 2.60. The molecule has 0 spiro atoms. The van der Waals surface area contributed by atoms with Gasteiger partial charge in [-0.1, -0.05) is 84.4 Å². The van der Waals surface area contributed by atoms with Crippen molar-refractivity contribution in [1.29, 1.82) is 0 Å². The van der Waals surface area contributed by atoms with E-state index in [1.54, 1.807) is 0 Å². The molecular weight excluding hydrogens is 370 g/mol. The molecule has 144 valence electrons. The molecule has 3 aromatic carbocycles. The molecule has 3 nitrogen and oxygen atoms in total. The van der Waals surface area contributed by atoms with E-state index in [4.69, 9.17) is 16.4 Å². The van der Waals surface area contributed by atoms with Crippen LogP contribution in [0.1, 0.15) is 36.6 Å². The Bertz CT molecular complexity index is 928. The van der Waals surface area contributed by atoms with E-state index in [0.717, 1.165) is 16.7 Å². The van der Waals surface area contributed by atoms with Gasteiger partial charge >= 0.3 is 0 Å². The summed E-state index contributed by atoms with van der Waals surface area (Å²) in [5, 5.41) is 13.1. The third-order valence-corrected chi connectivity index (χ3v) is 5.90. The first-order valence-electron chi connectivity index (χ1n) is 9.45. The molecule has 1 N–H and O–H groups in total. The summed E-state index contributed by atoms with van der Waals surface area (Å²) in [4.78, 5) is 6.43. The van der Waals surface area contributed by atoms with Crippen LogP contribution in [-0.2, 0) is 16.0 Å². The van der Waals surface area contributed by atoms with Crippen molar-refractivity contribution in [2.24, 2.45) is 0 Å². The topological polar surface area (TPSA) is 32.7 Å². The third-order valence-electron chi connectivity index (χ3n) is 5.65. The van der Waals surface area contributed by atoms with E-state index in [-0.39, 0.29) is 18.2 Å². The summed E-state index contributed by atoms with van der Waals surface area (Å²) in [7, 11) is 0. The maximum absolute atomic E-state index is 10.5. The zero-order chi connectivity index (χ0) is 19.8. The molecule has 0 aliphatic carbocycles. The van der Waals surface area contributed by atoms with Gasteiger partial charge in [-0.05, 0) is 42.7 Å². The van der Waals surface area contributed by atoms with Crippen LogP contribution in [-0.4, -0.2) is 16.8 Å². The van der Waals surface area contributed by atoms with E-state index < -0.39 is 5.60 Å². The van der Waals surface area contributed by atoms with Crippen LogP contribution in [0.3, 0.4) is 0 Å². The second-order valence-electron chi connectivity index (χ2n) is 7.71. The molecule has 4 heteroatoms. The van der Waals surface area contributed by atoms with Gasteiger partial charge < -0.3 is 5.11 Å². The van der Waals surface area contributed by atoms with Crippen LogP contribution in [0.25, 0.3) is 0 Å². The van der Waals surface area contributed by atoms with Gasteiger partial charge in [-0.2, -0.15) is 5.06 Å². The van der Waals surface area contributed by atoms with Crippen molar-refractivity contribution in [3.8, 4) is 0 Å². The third kappa shape index (κ3) is 3.05. The van der Waals surface area contributed by atoms with Gasteiger partial charge in [0.2, 0.25) is 0 Å². The second kappa shape index (κ2) is 7.34. The molecule has 3 aromatic rings. The van der Waals surface area contributed by atoms with Crippen LogP contribution in [0.2, 0.25) is 5.02 Å². The molecular formula is C24H24ClNO2. The minimum atomic E-state index is -0.832. The van der Waals surface area contributed by atoms with Crippen molar-refractivity contribution in [1.82, 2.24) is 5.06 Å². The first-order chi connectivity index (χ1) is 13.5. The fourth-order valence-corrected chi connectivity index (χ4v) is 4.14. The average molecular weight is 394 g/mol. The Labute approximate surface area is 171 Å². The summed E-state index contributed by atoms with van der Waals surface area (Å²) >= 11 is 6.13. The number of aliphatic hydroxyl groups is 1. The summed E-state index contributed by atoms with van der Waals surface area (Å²) in [6, 6.07) is 27.8. The monoisotopic (exact) mass is 393 g/mol. The molecule has 0 unspecified atom stereocenters. The molecule has 2 atom stereocenters. The molecule has 1 aliphatic rings. The highest BCUT2D eigenvalue weighted by Crippen LogP contribution is 2.56. The first-order valence-corrected chi connectivity index (χ1v) is 9.83. The standard InChI is InChI=1S/C24H24ClNO2/c1-23(2,19-9-5-3-6-10-19)26-22(18-13-15-21(25)16-14-18)24(17-27,28-26)20-11-7-4-8-12-20/h3-16,22,27H,17H2,1-2H3/t22-,24+/m0/s1. The summed E-state index contributed by atoms with van der Waals surface area (Å²) in [6.45, 7) is 4.15. The van der Waals surface area contributed by atoms with Crippen molar-refractivity contribution in [2.45, 2.75) is 31.0 Å². The lowest BCUT2D eigenvalue weighted by atomic mass is 9.77. The van der Waals surface area contributed by atoms with Gasteiger partial charge in [0.15, 0.2) is 5.60 Å². The molecule has 1 fully saturated rings. The number of aliphatic hydroxyl groups excluding tert-OH is 1. The van der Waals surface area contributed by atoms with E-state index in [1.165, 1.54) is 0 Å². The van der Waals surface area contributed by atoms with Crippen molar-refractivity contribution < 1.29 is 9.94 Å². The van der Waals surface area contributed by atoms with Crippen LogP contribution in [0.15, 0.2) is 84.9 Å². The van der Waals surface area contributed by atoms with Crippen molar-refractivity contribution >= 4 is 11.6 Å². The van der Waals surface area contributed by atoms with Gasteiger partial charge in [0, 0.05) is 5.02 Å². The Morgan fingerprint density at radius 3 is 2.07 bits per heavy atom. The normalized spacial score (nSPS) is 22.6. The number of hydroxylamine groups is 2. The molecule has 1 aliphatic heterocycles. The number of rotatable bonds is 5. The molecule has 0 amide bonds. The van der Waals surface area contributed by atoms with Gasteiger partial charge in [0.1, 0.15) is 0 Å². The quantitative estimate of drug-likeness (QED) is 0.625. The number of nitrogens with zero attached hydrogens (tertiary/aromatic N) is 1. The van der Waals surface area contributed by atoms with Gasteiger partial charge in [-0.15, -0.1) is 0 Å². The largest absolute Gasteiger partial charge is 0.393 e. The second-order valence-corrected chi connectivity index (χ2v) is 8.15. The van der Waals surface area contributed by atoms with Crippen molar-refractivity contribution in [3.05, 3.63) is 107 Å². The fourth-order valence-electron chi connectivity index (χ4n) is 4.02. The summed E-state index contributed by atoms with van der Waals surface area (Å²) in [5.74, 6) is 0. The molecule has 0 aromatic heterocycles. The molecule has 1 heterocycles. The first kappa shape index (κ1) is 19.2. The van der Waals surface area contributed by atoms with E-state index in [2.05, 4.69) is 26.0 Å². The zero-order valence-corrected chi connectivity index (χ0v) is 16.8. The molecule has 4 rings (SSSR count). The Morgan fingerprint density at radius 1 is 0.929 bits per heavy atom. The van der Waals surface area contributed by atoms with Crippen molar-refractivity contribution in [3.63, 3.8) is 0 Å². The maximum atomic E-state index is 10.5. The van der Waals surface area contributed by atoms with Crippen LogP contribution in [0.5, 0.6) is 0 Å². The fraction of sp³-hybridized carbons (Fsp3) is 0.250. The number of hydrogen-bond acceptors (Lipinski definition) is 3. The van der Waals surface area contributed by atoms with Crippen molar-refractivity contribution in [2.75, 3.05) is 6.61 Å². The van der Waals surface area contributed by atoms with Gasteiger partial charge in [0.05, 0.1) is 18.2 Å². The van der Waals surface area contributed by atoms with Gasteiger partial charge in [-0.25, -0.2) is 0 Å². The van der Waals surface area contributed by atoms with Crippen LogP contribution in [0.4, 0.5) is 0 Å². The lowest BCUT2D eigenvalue weighted by Crippen LogP contribution is -2.66. The lowest BCUT2D eigenvalue weighted by molar-refractivity contribution is -0.446. The van der Waals surface area contributed by atoms with E-state index in [9.17, 15) is 5.11 Å². The molecule has 0 radical (unpaired) electrons. The minimum absolute atomic E-state index is 0.119. The summed E-state index contributed by atoms with van der Waals surface area (Å²) < 4.78 is 0. The maximum Gasteiger partial charge on any atom is 0.160 e. The van der Waals surface area contributed by atoms with Crippen LogP contribution >= 0.6 is 11.6 Å². The minimum Gasteiger partial charge on any atom is -0.393 e. The van der Waals surface area contributed by atoms with E-state index in [1.807, 2.05) is 77.9 Å². The van der Waals surface area contributed by atoms with Gasteiger partial charge in [0.25, 0.3) is 0 Å². The Morgan fingerprint density at radius 2 is 1.50 bits per heavy atom. The predicted molar refractivity (Wildman–Crippen MR) is 112 cm³/mol. The van der Waals surface area contributed by atoms with Crippen LogP contribution < -0.4 is 0 Å². The zero-order valence-electron chi connectivity index (χ0n) is 16.0. The predicted octanol–water partition coefficient (Wildman–Crippen LogP) is 5.45. The number of halogens is 1. The van der Waals surface area contributed by atoms with E-state index >= 15 is 0 Å².